The molecule has 31 heavy (non-hydrogen) atoms. The zero-order valence-corrected chi connectivity index (χ0v) is 20.0. The number of hydrogen-bond donors (Lipinski definition) is 3. The Morgan fingerprint density at radius 3 is 2.39 bits per heavy atom. The van der Waals surface area contributed by atoms with E-state index in [2.05, 4.69) is 10.4 Å². The van der Waals surface area contributed by atoms with Gasteiger partial charge < -0.3 is 25.4 Å². The van der Waals surface area contributed by atoms with E-state index < -0.39 is 30.4 Å². The van der Waals surface area contributed by atoms with Gasteiger partial charge >= 0.3 is 29.6 Å². The average molecular weight is 441 g/mol. The van der Waals surface area contributed by atoms with Crippen LogP contribution in [-0.2, 0) is 4.79 Å². The molecule has 162 valence electrons. The van der Waals surface area contributed by atoms with Crippen LogP contribution in [0.4, 0.5) is 4.39 Å². The summed E-state index contributed by atoms with van der Waals surface area (Å²) in [5, 5.41) is 37.3. The smallest absolute Gasteiger partial charge is 0.550 e. The molecule has 0 saturated carbocycles. The SMILES string of the molecule is CNC(=O)c1nn(-c2ccc(F)cc2)c(/C=C/[C@@H](O)C[C@@H](O)CC(=O)[O-])c1C(C)C.[Na+]. The van der Waals surface area contributed by atoms with Crippen LogP contribution < -0.4 is 40.0 Å². The van der Waals surface area contributed by atoms with Crippen molar-refractivity contribution >= 4 is 18.0 Å². The molecule has 8 nitrogen and oxygen atoms in total. The predicted octanol–water partition coefficient (Wildman–Crippen LogP) is -2.24. The van der Waals surface area contributed by atoms with Crippen molar-refractivity contribution < 1.29 is 58.9 Å². The van der Waals surface area contributed by atoms with Gasteiger partial charge in [-0.2, -0.15) is 5.10 Å². The Balaban J connectivity index is 0.00000480. The summed E-state index contributed by atoms with van der Waals surface area (Å²) in [5.74, 6) is -2.33. The standard InChI is InChI=1S/C21H26FN3O5.Na/c1-12(2)19-17(9-8-15(26)10-16(27)11-18(28)29)25(24-20(19)21(30)23-3)14-6-4-13(22)5-7-14;/h4-9,12,15-16,26-27H,10-11H2,1-3H3,(H,23,30)(H,28,29);/q;+1/p-1/b9-8+;/t15-,16-;/m1./s1. The minimum Gasteiger partial charge on any atom is -0.550 e. The molecular weight excluding hydrogens is 416 g/mol. The molecule has 1 aromatic carbocycles. The summed E-state index contributed by atoms with van der Waals surface area (Å²) in [5.41, 5.74) is 1.84. The fraction of sp³-hybridized carbons (Fsp3) is 0.381. The van der Waals surface area contributed by atoms with Gasteiger partial charge in [-0.05, 0) is 36.3 Å². The molecule has 0 unspecified atom stereocenters. The van der Waals surface area contributed by atoms with E-state index in [1.54, 1.807) is 6.08 Å². The van der Waals surface area contributed by atoms with Gasteiger partial charge in [-0.15, -0.1) is 0 Å². The zero-order valence-electron chi connectivity index (χ0n) is 18.0. The summed E-state index contributed by atoms with van der Waals surface area (Å²) < 4.78 is 14.8. The van der Waals surface area contributed by atoms with E-state index in [1.807, 2.05) is 13.8 Å². The Morgan fingerprint density at radius 2 is 1.87 bits per heavy atom. The van der Waals surface area contributed by atoms with Crippen molar-refractivity contribution in [3.8, 4) is 5.69 Å². The number of hydrogen-bond acceptors (Lipinski definition) is 6. The number of amides is 1. The summed E-state index contributed by atoms with van der Waals surface area (Å²) in [6, 6.07) is 5.56. The number of aromatic nitrogens is 2. The summed E-state index contributed by atoms with van der Waals surface area (Å²) in [6.07, 6.45) is -0.254. The first kappa shape index (κ1) is 27.0. The number of carbonyl (C=O) groups is 2. The summed E-state index contributed by atoms with van der Waals surface area (Å²) in [4.78, 5) is 22.9. The molecule has 2 rings (SSSR count). The fourth-order valence-electron chi connectivity index (χ4n) is 3.07. The number of rotatable bonds is 9. The maximum absolute atomic E-state index is 13.4. The molecule has 1 amide bonds. The van der Waals surface area contributed by atoms with E-state index in [0.29, 0.717) is 16.9 Å². The van der Waals surface area contributed by atoms with Crippen molar-refractivity contribution in [3.05, 3.63) is 53.1 Å². The first-order valence-corrected chi connectivity index (χ1v) is 9.49. The molecule has 10 heteroatoms. The number of aliphatic hydroxyl groups is 2. The molecule has 0 spiro atoms. The van der Waals surface area contributed by atoms with Crippen molar-refractivity contribution in [2.24, 2.45) is 0 Å². The van der Waals surface area contributed by atoms with Crippen LogP contribution in [0, 0.1) is 5.82 Å². The third-order valence-corrected chi connectivity index (χ3v) is 4.44. The van der Waals surface area contributed by atoms with Crippen molar-refractivity contribution in [1.82, 2.24) is 15.1 Å². The van der Waals surface area contributed by atoms with Crippen LogP contribution in [-0.4, -0.2) is 51.1 Å². The van der Waals surface area contributed by atoms with Crippen LogP contribution in [0.2, 0.25) is 0 Å². The number of nitrogens with zero attached hydrogens (tertiary/aromatic N) is 2. The largest absolute Gasteiger partial charge is 1.00 e. The van der Waals surface area contributed by atoms with Crippen LogP contribution in [0.1, 0.15) is 54.4 Å². The van der Waals surface area contributed by atoms with Gasteiger partial charge in [0.05, 0.1) is 23.6 Å². The fourth-order valence-corrected chi connectivity index (χ4v) is 3.07. The maximum atomic E-state index is 13.4. The van der Waals surface area contributed by atoms with Gasteiger partial charge in [0.1, 0.15) is 5.82 Å². The van der Waals surface area contributed by atoms with Crippen LogP contribution in [0.5, 0.6) is 0 Å². The van der Waals surface area contributed by atoms with Crippen molar-refractivity contribution in [2.45, 2.75) is 44.8 Å². The molecule has 0 radical (unpaired) electrons. The summed E-state index contributed by atoms with van der Waals surface area (Å²) >= 11 is 0. The number of halogens is 1. The normalized spacial score (nSPS) is 13.1. The Labute approximate surface area is 202 Å². The Kier molecular flexibility index (Phi) is 10.5. The number of nitrogens with one attached hydrogen (secondary N) is 1. The number of carboxylic acids is 1. The van der Waals surface area contributed by atoms with E-state index in [0.717, 1.165) is 0 Å². The molecule has 0 fully saturated rings. The second-order valence-corrected chi connectivity index (χ2v) is 7.16. The van der Waals surface area contributed by atoms with Gasteiger partial charge in [0, 0.05) is 31.4 Å². The molecule has 0 aliphatic heterocycles. The second kappa shape index (κ2) is 12.1. The summed E-state index contributed by atoms with van der Waals surface area (Å²) in [6.45, 7) is 3.77. The predicted molar refractivity (Wildman–Crippen MR) is 106 cm³/mol. The van der Waals surface area contributed by atoms with E-state index >= 15 is 0 Å². The Morgan fingerprint density at radius 1 is 1.26 bits per heavy atom. The van der Waals surface area contributed by atoms with Gasteiger partial charge in [-0.3, -0.25) is 4.79 Å². The van der Waals surface area contributed by atoms with Gasteiger partial charge in [0.25, 0.3) is 5.91 Å². The topological polar surface area (TPSA) is 128 Å². The molecule has 1 heterocycles. The van der Waals surface area contributed by atoms with Gasteiger partial charge in [-0.1, -0.05) is 19.9 Å². The molecular formula is C21H25FN3NaO5. The van der Waals surface area contributed by atoms with E-state index in [1.165, 1.54) is 42.1 Å². The molecule has 0 bridgehead atoms. The number of benzene rings is 1. The Bertz CT molecular complexity index is 928. The van der Waals surface area contributed by atoms with E-state index in [-0.39, 0.29) is 53.5 Å². The van der Waals surface area contributed by atoms with Gasteiger partial charge in [0.2, 0.25) is 0 Å². The quantitative estimate of drug-likeness (QED) is 0.378. The molecule has 2 atom stereocenters. The van der Waals surface area contributed by atoms with Crippen molar-refractivity contribution in [1.29, 1.82) is 0 Å². The molecule has 3 N–H and O–H groups in total. The van der Waals surface area contributed by atoms with Gasteiger partial charge in [-0.25, -0.2) is 9.07 Å². The second-order valence-electron chi connectivity index (χ2n) is 7.16. The molecule has 2 aromatic rings. The van der Waals surface area contributed by atoms with Crippen molar-refractivity contribution in [2.75, 3.05) is 7.05 Å². The number of carbonyl (C=O) groups excluding carboxylic acids is 2. The zero-order chi connectivity index (χ0) is 22.4. The van der Waals surface area contributed by atoms with Crippen LogP contribution in [0.25, 0.3) is 11.8 Å². The molecule has 1 aromatic heterocycles. The molecule has 0 aliphatic carbocycles. The summed E-state index contributed by atoms with van der Waals surface area (Å²) in [7, 11) is 1.49. The van der Waals surface area contributed by atoms with Crippen LogP contribution >= 0.6 is 0 Å². The van der Waals surface area contributed by atoms with Crippen LogP contribution in [0.15, 0.2) is 30.3 Å². The van der Waals surface area contributed by atoms with Gasteiger partial charge in [0.15, 0.2) is 5.69 Å². The first-order chi connectivity index (χ1) is 14.1. The minimum absolute atomic E-state index is 0. The third-order valence-electron chi connectivity index (χ3n) is 4.44. The van der Waals surface area contributed by atoms with Crippen molar-refractivity contribution in [3.63, 3.8) is 0 Å². The third kappa shape index (κ3) is 7.26. The molecule has 0 saturated heterocycles. The van der Waals surface area contributed by atoms with E-state index in [4.69, 9.17) is 0 Å². The van der Waals surface area contributed by atoms with Crippen LogP contribution in [0.3, 0.4) is 0 Å². The first-order valence-electron chi connectivity index (χ1n) is 9.49. The Hall–Kier alpha value is -2.04. The van der Waals surface area contributed by atoms with E-state index in [9.17, 15) is 29.3 Å². The number of carboxylic acid groups (broad SMARTS) is 1. The number of aliphatic hydroxyl groups excluding tert-OH is 2. The monoisotopic (exact) mass is 441 g/mol. The molecule has 0 aliphatic rings. The number of aliphatic carboxylic acids is 1. The maximum Gasteiger partial charge on any atom is 1.00 e. The average Bonchev–Trinajstić information content (AvgIpc) is 3.05. The minimum atomic E-state index is -1.41.